The lowest BCUT2D eigenvalue weighted by Gasteiger charge is -2.42. The summed E-state index contributed by atoms with van der Waals surface area (Å²) in [5, 5.41) is 4.41. The summed E-state index contributed by atoms with van der Waals surface area (Å²) in [5.74, 6) is 0.692. The number of rotatable bonds is 9. The lowest BCUT2D eigenvalue weighted by molar-refractivity contribution is -0.121. The third-order valence-corrected chi connectivity index (χ3v) is 7.61. The third-order valence-electron chi connectivity index (χ3n) is 6.41. The number of carbonyl (C=O) groups is 1. The van der Waals surface area contributed by atoms with E-state index in [1.165, 1.54) is 22.9 Å². The van der Waals surface area contributed by atoms with Gasteiger partial charge < -0.3 is 10.3 Å². The second kappa shape index (κ2) is 10.6. The van der Waals surface area contributed by atoms with Crippen LogP contribution < -0.4 is 10.9 Å². The van der Waals surface area contributed by atoms with Crippen LogP contribution in [0.5, 0.6) is 0 Å². The number of amides is 1. The first-order valence-corrected chi connectivity index (χ1v) is 12.6. The summed E-state index contributed by atoms with van der Waals surface area (Å²) in [6.07, 6.45) is 3.91. The molecule has 1 heterocycles. The zero-order chi connectivity index (χ0) is 23.3. The second-order valence-electron chi connectivity index (χ2n) is 8.63. The number of carbonyl (C=O) groups excluding carboxylic acids is 1. The number of nitrogens with zero attached hydrogens (tertiary/aromatic N) is 1. The summed E-state index contributed by atoms with van der Waals surface area (Å²) >= 11 is 7.53. The molecule has 0 bridgehead atoms. The highest BCUT2D eigenvalue weighted by atomic mass is 35.5. The molecule has 1 fully saturated rings. The van der Waals surface area contributed by atoms with Gasteiger partial charge in [-0.2, -0.15) is 0 Å². The van der Waals surface area contributed by atoms with Crippen molar-refractivity contribution in [1.82, 2.24) is 15.3 Å². The van der Waals surface area contributed by atoms with Gasteiger partial charge in [-0.15, -0.1) is 0 Å². The van der Waals surface area contributed by atoms with Crippen molar-refractivity contribution in [3.05, 3.63) is 92.4 Å². The average molecular weight is 482 g/mol. The molecule has 3 aromatic rings. The molecule has 0 radical (unpaired) electrons. The van der Waals surface area contributed by atoms with E-state index in [-0.39, 0.29) is 23.3 Å². The van der Waals surface area contributed by atoms with Crippen LogP contribution in [0.25, 0.3) is 0 Å². The van der Waals surface area contributed by atoms with Crippen molar-refractivity contribution in [2.45, 2.75) is 55.4 Å². The zero-order valence-electron chi connectivity index (χ0n) is 18.7. The predicted molar refractivity (Wildman–Crippen MR) is 134 cm³/mol. The lowest BCUT2D eigenvalue weighted by atomic mass is 9.64. The Balaban J connectivity index is 1.31. The minimum atomic E-state index is -0.164. The molecule has 1 aliphatic carbocycles. The fourth-order valence-corrected chi connectivity index (χ4v) is 5.23. The number of hydrogen-bond acceptors (Lipinski definition) is 4. The van der Waals surface area contributed by atoms with E-state index in [0.717, 1.165) is 30.0 Å². The smallest absolute Gasteiger partial charge is 0.254 e. The molecule has 4 rings (SSSR count). The van der Waals surface area contributed by atoms with Crippen molar-refractivity contribution in [3.8, 4) is 0 Å². The van der Waals surface area contributed by atoms with Gasteiger partial charge >= 0.3 is 0 Å². The zero-order valence-corrected chi connectivity index (χ0v) is 20.3. The molecule has 5 nitrogen and oxygen atoms in total. The highest BCUT2D eigenvalue weighted by Gasteiger charge is 2.38. The summed E-state index contributed by atoms with van der Waals surface area (Å²) in [5.41, 5.74) is 3.48. The highest BCUT2D eigenvalue weighted by Crippen LogP contribution is 2.43. The van der Waals surface area contributed by atoms with Gasteiger partial charge in [0.25, 0.3) is 5.56 Å². The van der Waals surface area contributed by atoms with Crippen molar-refractivity contribution in [1.29, 1.82) is 0 Å². The number of hydrogen-bond donors (Lipinski definition) is 2. The molecular formula is C26H28ClN3O2S. The number of aryl methyl sites for hydroxylation is 1. The first kappa shape index (κ1) is 23.6. The molecule has 0 aliphatic heterocycles. The maximum absolute atomic E-state index is 12.6. The van der Waals surface area contributed by atoms with Crippen LogP contribution in [0.1, 0.15) is 48.1 Å². The summed E-state index contributed by atoms with van der Waals surface area (Å²) in [6, 6.07) is 18.0. The number of halogens is 1. The van der Waals surface area contributed by atoms with Gasteiger partial charge in [0, 0.05) is 40.4 Å². The fourth-order valence-electron chi connectivity index (χ4n) is 4.24. The largest absolute Gasteiger partial charge is 0.355 e. The van der Waals surface area contributed by atoms with Gasteiger partial charge in [-0.25, -0.2) is 4.98 Å². The van der Waals surface area contributed by atoms with Crippen molar-refractivity contribution >= 4 is 29.3 Å². The molecular weight excluding hydrogens is 454 g/mol. The summed E-state index contributed by atoms with van der Waals surface area (Å²) < 4.78 is 0. The second-order valence-corrected chi connectivity index (χ2v) is 10.0. The minimum absolute atomic E-state index is 0.00712. The van der Waals surface area contributed by atoms with E-state index in [9.17, 15) is 9.59 Å². The van der Waals surface area contributed by atoms with Gasteiger partial charge in [0.2, 0.25) is 5.91 Å². The van der Waals surface area contributed by atoms with E-state index >= 15 is 0 Å². The van der Waals surface area contributed by atoms with E-state index in [4.69, 9.17) is 11.6 Å². The first-order chi connectivity index (χ1) is 15.9. The maximum atomic E-state index is 12.6. The Hall–Kier alpha value is -2.57. The van der Waals surface area contributed by atoms with E-state index in [0.29, 0.717) is 29.4 Å². The normalized spacial score (nSPS) is 14.5. The number of thioether (sulfide) groups is 1. The van der Waals surface area contributed by atoms with Crippen molar-refractivity contribution in [2.24, 2.45) is 0 Å². The number of nitrogens with one attached hydrogen (secondary N) is 2. The predicted octanol–water partition coefficient (Wildman–Crippen LogP) is 5.19. The summed E-state index contributed by atoms with van der Waals surface area (Å²) in [4.78, 5) is 32.6. The molecule has 0 saturated heterocycles. The molecule has 172 valence electrons. The number of H-pyrrole nitrogens is 1. The van der Waals surface area contributed by atoms with E-state index in [2.05, 4.69) is 27.4 Å². The van der Waals surface area contributed by atoms with E-state index in [1.54, 1.807) is 0 Å². The molecule has 7 heteroatoms. The Bertz CT molecular complexity index is 1160. The molecule has 1 aromatic heterocycles. The molecule has 1 amide bonds. The van der Waals surface area contributed by atoms with Gasteiger partial charge in [0.1, 0.15) is 0 Å². The molecule has 33 heavy (non-hydrogen) atoms. The Morgan fingerprint density at radius 1 is 1.15 bits per heavy atom. The molecule has 0 spiro atoms. The van der Waals surface area contributed by atoms with Crippen LogP contribution in [-0.4, -0.2) is 22.4 Å². The fraction of sp³-hybridized carbons (Fsp3) is 0.346. The number of aromatic amines is 1. The molecule has 1 saturated carbocycles. The average Bonchev–Trinajstić information content (AvgIpc) is 2.78. The van der Waals surface area contributed by atoms with E-state index in [1.807, 2.05) is 49.4 Å². The van der Waals surface area contributed by atoms with Crippen LogP contribution in [0.2, 0.25) is 5.02 Å². The van der Waals surface area contributed by atoms with Crippen molar-refractivity contribution in [3.63, 3.8) is 0 Å². The van der Waals surface area contributed by atoms with Crippen molar-refractivity contribution in [2.75, 3.05) is 6.54 Å². The molecule has 0 atom stereocenters. The third kappa shape index (κ3) is 5.87. The monoisotopic (exact) mass is 481 g/mol. The quantitative estimate of drug-likeness (QED) is 0.325. The Kier molecular flexibility index (Phi) is 7.56. The van der Waals surface area contributed by atoms with Gasteiger partial charge in [-0.05, 0) is 49.4 Å². The Morgan fingerprint density at radius 3 is 2.52 bits per heavy atom. The van der Waals surface area contributed by atoms with Crippen LogP contribution in [0.4, 0.5) is 0 Å². The SMILES string of the molecule is Cc1nc(SCc2ccccc2)[nH]c(=O)c1CCC(=O)NCC1(c2ccc(Cl)cc2)CCC1. The first-order valence-electron chi connectivity index (χ1n) is 11.2. The highest BCUT2D eigenvalue weighted by molar-refractivity contribution is 7.98. The van der Waals surface area contributed by atoms with Gasteiger partial charge in [0.15, 0.2) is 5.16 Å². The van der Waals surface area contributed by atoms with E-state index < -0.39 is 0 Å². The van der Waals surface area contributed by atoms with Gasteiger partial charge in [-0.3, -0.25) is 9.59 Å². The minimum Gasteiger partial charge on any atom is -0.355 e. The molecule has 2 aromatic carbocycles. The molecule has 0 unspecified atom stereocenters. The standard InChI is InChI=1S/C26H28ClN3O2S/c1-18-22(24(32)30-25(29-18)33-16-19-6-3-2-4-7-19)12-13-23(31)28-17-26(14-5-15-26)20-8-10-21(27)11-9-20/h2-4,6-11H,5,12-17H2,1H3,(H,28,31)(H,29,30,32). The lowest BCUT2D eigenvalue weighted by Crippen LogP contribution is -2.45. The van der Waals surface area contributed by atoms with Crippen LogP contribution in [0, 0.1) is 6.92 Å². The van der Waals surface area contributed by atoms with Crippen LogP contribution in [-0.2, 0) is 22.4 Å². The van der Waals surface area contributed by atoms with Crippen LogP contribution >= 0.6 is 23.4 Å². The molecule has 2 N–H and O–H groups in total. The Morgan fingerprint density at radius 2 is 1.88 bits per heavy atom. The topological polar surface area (TPSA) is 74.8 Å². The van der Waals surface area contributed by atoms with Crippen LogP contribution in [0.15, 0.2) is 64.5 Å². The Labute approximate surface area is 203 Å². The summed E-state index contributed by atoms with van der Waals surface area (Å²) in [6.45, 7) is 2.44. The maximum Gasteiger partial charge on any atom is 0.254 e. The van der Waals surface area contributed by atoms with Gasteiger partial charge in [-0.1, -0.05) is 72.2 Å². The van der Waals surface area contributed by atoms with Crippen molar-refractivity contribution < 1.29 is 4.79 Å². The van der Waals surface area contributed by atoms with Crippen LogP contribution in [0.3, 0.4) is 0 Å². The number of aromatic nitrogens is 2. The van der Waals surface area contributed by atoms with Gasteiger partial charge in [0.05, 0.1) is 0 Å². The number of benzene rings is 2. The molecule has 1 aliphatic rings. The summed E-state index contributed by atoms with van der Waals surface area (Å²) in [7, 11) is 0.